The van der Waals surface area contributed by atoms with Crippen LogP contribution in [0.25, 0.3) is 11.0 Å². The Morgan fingerprint density at radius 1 is 0.926 bits per heavy atom. The van der Waals surface area contributed by atoms with Gasteiger partial charge in [-0.3, -0.25) is 34.3 Å². The highest BCUT2D eigenvalue weighted by atomic mass is 16.2. The molecule has 4 aliphatic heterocycles. The number of amides is 4. The molecule has 278 valence electrons. The van der Waals surface area contributed by atoms with E-state index in [0.29, 0.717) is 35.8 Å². The molecular weight excluding hydrogens is 685 g/mol. The number of benzene rings is 1. The molecule has 1 atom stereocenters. The molecule has 2 N–H and O–H groups in total. The lowest BCUT2D eigenvalue weighted by atomic mass is 9.88. The Balaban J connectivity index is 0.782. The molecule has 6 aliphatic rings. The summed E-state index contributed by atoms with van der Waals surface area (Å²) >= 11 is 0. The fourth-order valence-corrected chi connectivity index (χ4v) is 9.49. The molecule has 3 aromatic heterocycles. The molecule has 5 fully saturated rings. The van der Waals surface area contributed by atoms with Crippen LogP contribution < -0.4 is 20.4 Å². The van der Waals surface area contributed by atoms with E-state index in [1.54, 1.807) is 30.1 Å². The van der Waals surface area contributed by atoms with Crippen molar-refractivity contribution >= 4 is 57.8 Å². The van der Waals surface area contributed by atoms with E-state index in [0.717, 1.165) is 92.7 Å². The van der Waals surface area contributed by atoms with Crippen LogP contribution in [0, 0.1) is 0 Å². The fraction of sp³-hybridized carbons (Fsp3) is 0.475. The van der Waals surface area contributed by atoms with Gasteiger partial charge in [0.2, 0.25) is 23.7 Å². The van der Waals surface area contributed by atoms with Crippen LogP contribution in [0.1, 0.15) is 84.9 Å². The van der Waals surface area contributed by atoms with E-state index in [-0.39, 0.29) is 36.1 Å². The number of hydrogen-bond acceptors (Lipinski definition) is 10. The fourth-order valence-electron chi connectivity index (χ4n) is 9.49. The van der Waals surface area contributed by atoms with E-state index in [4.69, 9.17) is 9.97 Å². The molecule has 0 bridgehead atoms. The van der Waals surface area contributed by atoms with Gasteiger partial charge in [-0.15, -0.1) is 0 Å². The second-order valence-electron chi connectivity index (χ2n) is 16.2. The Morgan fingerprint density at radius 3 is 2.41 bits per heavy atom. The molecule has 2 aliphatic carbocycles. The summed E-state index contributed by atoms with van der Waals surface area (Å²) in [6, 6.07) is 12.1. The zero-order valence-electron chi connectivity index (χ0n) is 30.6. The number of anilines is 4. The molecule has 54 heavy (non-hydrogen) atoms. The minimum absolute atomic E-state index is 0.00638. The van der Waals surface area contributed by atoms with E-state index >= 15 is 0 Å². The zero-order valence-corrected chi connectivity index (χ0v) is 30.6. The smallest absolute Gasteiger partial charge is 0.270 e. The third-order valence-electron chi connectivity index (χ3n) is 12.7. The summed E-state index contributed by atoms with van der Waals surface area (Å²) in [5.41, 5.74) is 5.10. The van der Waals surface area contributed by atoms with E-state index in [2.05, 4.69) is 42.1 Å². The Morgan fingerprint density at radius 2 is 1.70 bits per heavy atom. The van der Waals surface area contributed by atoms with Crippen LogP contribution in [0.3, 0.4) is 0 Å². The van der Waals surface area contributed by atoms with E-state index in [9.17, 15) is 19.2 Å². The monoisotopic (exact) mass is 728 g/mol. The quantitative estimate of drug-likeness (QED) is 0.256. The summed E-state index contributed by atoms with van der Waals surface area (Å²) in [7, 11) is 3.56. The number of carbonyl (C=O) groups excluding carboxylic acids is 4. The third kappa shape index (κ3) is 5.20. The van der Waals surface area contributed by atoms with Crippen molar-refractivity contribution in [2.24, 2.45) is 0 Å². The number of nitrogens with one attached hydrogen (secondary N) is 2. The molecular formula is C40H44N10O4. The van der Waals surface area contributed by atoms with Crippen molar-refractivity contribution in [3.05, 3.63) is 65.6 Å². The van der Waals surface area contributed by atoms with Crippen molar-refractivity contribution in [3.63, 3.8) is 0 Å². The molecule has 4 aromatic rings. The predicted octanol–water partition coefficient (Wildman–Crippen LogP) is 3.86. The first-order valence-electron chi connectivity index (χ1n) is 19.3. The van der Waals surface area contributed by atoms with Gasteiger partial charge in [-0.2, -0.15) is 4.98 Å². The van der Waals surface area contributed by atoms with Gasteiger partial charge in [0.05, 0.1) is 11.1 Å². The van der Waals surface area contributed by atoms with Crippen LogP contribution in [0.15, 0.2) is 48.8 Å². The van der Waals surface area contributed by atoms with Crippen LogP contribution in [0.2, 0.25) is 0 Å². The van der Waals surface area contributed by atoms with E-state index < -0.39 is 11.5 Å². The van der Waals surface area contributed by atoms with Crippen molar-refractivity contribution in [2.45, 2.75) is 80.8 Å². The number of pyridine rings is 1. The lowest BCUT2D eigenvalue weighted by molar-refractivity contribution is -0.135. The second kappa shape index (κ2) is 12.3. The summed E-state index contributed by atoms with van der Waals surface area (Å²) in [5.74, 6) is 0.862. The Labute approximate surface area is 312 Å². The maximum absolute atomic E-state index is 13.8. The second-order valence-corrected chi connectivity index (χ2v) is 16.2. The van der Waals surface area contributed by atoms with Crippen LogP contribution in [0.5, 0.6) is 0 Å². The van der Waals surface area contributed by atoms with Gasteiger partial charge >= 0.3 is 0 Å². The van der Waals surface area contributed by atoms with Crippen molar-refractivity contribution in [1.82, 2.24) is 34.6 Å². The molecule has 14 heteroatoms. The number of hydrogen-bond donors (Lipinski definition) is 2. The van der Waals surface area contributed by atoms with Gasteiger partial charge in [-0.1, -0.05) is 25.0 Å². The number of carbonyl (C=O) groups is 4. The molecule has 4 amide bonds. The van der Waals surface area contributed by atoms with Gasteiger partial charge in [0.15, 0.2) is 0 Å². The number of aromatic nitrogens is 4. The number of imide groups is 1. The highest BCUT2D eigenvalue weighted by molar-refractivity contribution is 6.16. The maximum atomic E-state index is 13.8. The van der Waals surface area contributed by atoms with Crippen molar-refractivity contribution in [2.75, 3.05) is 55.4 Å². The third-order valence-corrected chi connectivity index (χ3v) is 12.7. The van der Waals surface area contributed by atoms with E-state index in [1.165, 1.54) is 5.56 Å². The molecule has 3 saturated heterocycles. The lowest BCUT2D eigenvalue weighted by Gasteiger charge is -2.53. The Bertz CT molecular complexity index is 2210. The minimum atomic E-state index is -0.641. The molecule has 10 rings (SSSR count). The topological polar surface area (TPSA) is 149 Å². The SMILES string of the molecule is CN(C)C(=O)c1cc2cnc(Nc3ccc(C4CN(C5CN(c6cccc7c6C6(CC6)C(=O)N7[C@@H]6CCC(=O)NC6=O)C5)C4)cn3)nc2n1C1CCCC1. The van der Waals surface area contributed by atoms with Gasteiger partial charge in [-0.25, -0.2) is 9.97 Å². The number of likely N-dealkylation sites (tertiary alicyclic amines) is 1. The van der Waals surface area contributed by atoms with Crippen molar-refractivity contribution in [1.29, 1.82) is 0 Å². The average Bonchev–Trinajstić information content (AvgIpc) is 3.45. The predicted molar refractivity (Wildman–Crippen MR) is 202 cm³/mol. The van der Waals surface area contributed by atoms with Crippen molar-refractivity contribution < 1.29 is 19.2 Å². The highest BCUT2D eigenvalue weighted by Gasteiger charge is 2.62. The zero-order chi connectivity index (χ0) is 36.9. The Hall–Kier alpha value is -5.37. The Kier molecular flexibility index (Phi) is 7.59. The molecule has 2 saturated carbocycles. The van der Waals surface area contributed by atoms with Crippen molar-refractivity contribution in [3.8, 4) is 0 Å². The summed E-state index contributed by atoms with van der Waals surface area (Å²) < 4.78 is 2.12. The lowest BCUT2D eigenvalue weighted by Crippen LogP contribution is -2.65. The van der Waals surface area contributed by atoms with Crippen LogP contribution in [-0.2, 0) is 19.8 Å². The number of piperidine rings is 1. The minimum Gasteiger partial charge on any atom is -0.368 e. The van der Waals surface area contributed by atoms with Gasteiger partial charge < -0.3 is 19.7 Å². The molecule has 7 heterocycles. The molecule has 1 aromatic carbocycles. The van der Waals surface area contributed by atoms with Crippen LogP contribution >= 0.6 is 0 Å². The molecule has 14 nitrogen and oxygen atoms in total. The van der Waals surface area contributed by atoms with E-state index in [1.807, 2.05) is 30.5 Å². The summed E-state index contributed by atoms with van der Waals surface area (Å²) in [5, 5.41) is 6.58. The number of nitrogens with zero attached hydrogens (tertiary/aromatic N) is 8. The number of rotatable bonds is 8. The van der Waals surface area contributed by atoms with Crippen LogP contribution in [0.4, 0.5) is 23.1 Å². The van der Waals surface area contributed by atoms with Crippen LogP contribution in [-0.4, -0.2) is 105 Å². The molecule has 0 radical (unpaired) electrons. The molecule has 1 spiro atoms. The first-order chi connectivity index (χ1) is 26.2. The number of fused-ring (bicyclic) bond motifs is 3. The standard InChI is InChI=1S/C40H44N10O4/c1-46(2)37(53)31-16-24-18-42-39(45-35(24)49(31)26-6-3-4-7-26)43-32-12-10-23(17-41-32)25-19-47(20-25)27-21-48(22-27)28-8-5-9-29-34(28)40(14-15-40)38(54)50(29)30-11-13-33(51)44-36(30)52/h5,8-10,12,16-18,25-27,30H,3-4,6-7,11,13-15,19-22H2,1-2H3,(H,44,51,52)(H,41,42,43,45)/t30-/m1/s1. The average molecular weight is 729 g/mol. The maximum Gasteiger partial charge on any atom is 0.270 e. The van der Waals surface area contributed by atoms with Gasteiger partial charge in [0, 0.05) is 93.7 Å². The first-order valence-corrected chi connectivity index (χ1v) is 19.3. The highest BCUT2D eigenvalue weighted by Crippen LogP contribution is 2.61. The summed E-state index contributed by atoms with van der Waals surface area (Å²) in [6.07, 6.45) is 10.3. The normalized spacial score (nSPS) is 22.8. The summed E-state index contributed by atoms with van der Waals surface area (Å²) in [6.45, 7) is 3.73. The largest absolute Gasteiger partial charge is 0.368 e. The summed E-state index contributed by atoms with van der Waals surface area (Å²) in [4.78, 5) is 73.9. The van der Waals surface area contributed by atoms with Gasteiger partial charge in [0.1, 0.15) is 23.2 Å². The van der Waals surface area contributed by atoms with Gasteiger partial charge in [-0.05, 0) is 61.9 Å². The molecule has 0 unspecified atom stereocenters. The first kappa shape index (κ1) is 33.2. The van der Waals surface area contributed by atoms with Gasteiger partial charge in [0.25, 0.3) is 5.91 Å².